The molecule has 2 aromatic carbocycles. The topological polar surface area (TPSA) is 134 Å². The summed E-state index contributed by atoms with van der Waals surface area (Å²) in [5.74, 6) is -1.10. The van der Waals surface area contributed by atoms with Gasteiger partial charge in [0.25, 0.3) is 17.7 Å². The van der Waals surface area contributed by atoms with Crippen LogP contribution in [-0.2, 0) is 17.9 Å². The summed E-state index contributed by atoms with van der Waals surface area (Å²) in [7, 11) is 0. The van der Waals surface area contributed by atoms with E-state index in [1.165, 1.54) is 27.8 Å². The van der Waals surface area contributed by atoms with Crippen LogP contribution in [0.1, 0.15) is 50.5 Å². The van der Waals surface area contributed by atoms with Crippen LogP contribution in [-0.4, -0.2) is 55.0 Å². The Morgan fingerprint density at radius 1 is 1.05 bits per heavy atom. The van der Waals surface area contributed by atoms with Crippen molar-refractivity contribution >= 4 is 35.2 Å². The van der Waals surface area contributed by atoms with Crippen LogP contribution in [0.15, 0.2) is 89.5 Å². The quantitative estimate of drug-likeness (QED) is 0.297. The first-order chi connectivity index (χ1) is 20.8. The second-order valence-corrected chi connectivity index (χ2v) is 10.3. The molecule has 2 N–H and O–H groups in total. The number of nitrogens with zero attached hydrogens (tertiary/aromatic N) is 6. The Hall–Kier alpha value is -5.23. The molecule has 2 aliphatic heterocycles. The Morgan fingerprint density at radius 3 is 2.47 bits per heavy atom. The standard InChI is InChI=1S/C30H24ClFN8O3/c1-17-25(26(23-7-6-19(32)14-24(23)31)36-27(35-17)18-8-10-33-11-9-18)28(41)34-15-20-16-39(38-37-20)12-13-40-29(42)21-4-2-3-5-22(21)30(40)43/h2-11,14,16,26H,12-13,15H2,1H3,(H,34,41)(H,35,36). The van der Waals surface area contributed by atoms with Gasteiger partial charge < -0.3 is 10.6 Å². The van der Waals surface area contributed by atoms with Crippen molar-refractivity contribution in [2.24, 2.45) is 4.99 Å². The van der Waals surface area contributed by atoms with E-state index in [9.17, 15) is 18.8 Å². The molecule has 4 heterocycles. The van der Waals surface area contributed by atoms with Crippen molar-refractivity contribution in [2.45, 2.75) is 26.1 Å². The minimum absolute atomic E-state index is 0.0490. The van der Waals surface area contributed by atoms with Gasteiger partial charge in [-0.2, -0.15) is 0 Å². The second-order valence-electron chi connectivity index (χ2n) is 9.91. The monoisotopic (exact) mass is 598 g/mol. The summed E-state index contributed by atoms with van der Waals surface area (Å²) in [5, 5.41) is 14.4. The molecule has 4 aromatic rings. The molecule has 11 nitrogen and oxygen atoms in total. The van der Waals surface area contributed by atoms with Crippen molar-refractivity contribution in [2.75, 3.05) is 6.54 Å². The minimum Gasteiger partial charge on any atom is -0.346 e. The number of aliphatic imine (C=N–C) groups is 1. The number of benzene rings is 2. The van der Waals surface area contributed by atoms with Crippen molar-refractivity contribution in [1.82, 2.24) is 35.5 Å². The summed E-state index contributed by atoms with van der Waals surface area (Å²) in [6.07, 6.45) is 4.90. The molecule has 2 aromatic heterocycles. The third-order valence-corrected chi connectivity index (χ3v) is 7.47. The van der Waals surface area contributed by atoms with Crippen LogP contribution in [0.25, 0.3) is 0 Å². The number of carbonyl (C=O) groups excluding carboxylic acids is 3. The van der Waals surface area contributed by atoms with Gasteiger partial charge in [-0.15, -0.1) is 5.10 Å². The highest BCUT2D eigenvalue weighted by molar-refractivity contribution is 6.31. The smallest absolute Gasteiger partial charge is 0.261 e. The molecule has 0 fully saturated rings. The number of amides is 3. The van der Waals surface area contributed by atoms with Crippen LogP contribution in [0.5, 0.6) is 0 Å². The Bertz CT molecular complexity index is 1790. The lowest BCUT2D eigenvalue weighted by Crippen LogP contribution is -2.36. The predicted octanol–water partition coefficient (Wildman–Crippen LogP) is 3.44. The van der Waals surface area contributed by atoms with Gasteiger partial charge in [0.15, 0.2) is 0 Å². The van der Waals surface area contributed by atoms with Gasteiger partial charge >= 0.3 is 0 Å². The summed E-state index contributed by atoms with van der Waals surface area (Å²) in [5.41, 5.74) is 3.32. The number of carbonyl (C=O) groups is 3. The number of pyridine rings is 1. The van der Waals surface area contributed by atoms with Gasteiger partial charge in [0.1, 0.15) is 23.4 Å². The van der Waals surface area contributed by atoms with E-state index in [1.807, 2.05) is 0 Å². The molecule has 0 aliphatic carbocycles. The van der Waals surface area contributed by atoms with Crippen LogP contribution in [0.4, 0.5) is 4.39 Å². The summed E-state index contributed by atoms with van der Waals surface area (Å²) in [6.45, 7) is 2.16. The molecule has 0 bridgehead atoms. The van der Waals surface area contributed by atoms with Crippen molar-refractivity contribution in [1.29, 1.82) is 0 Å². The summed E-state index contributed by atoms with van der Waals surface area (Å²) >= 11 is 6.41. The van der Waals surface area contributed by atoms with Crippen molar-refractivity contribution in [3.05, 3.63) is 123 Å². The van der Waals surface area contributed by atoms with Gasteiger partial charge in [-0.25, -0.2) is 4.39 Å². The molecule has 6 rings (SSSR count). The largest absolute Gasteiger partial charge is 0.346 e. The fraction of sp³-hybridized carbons (Fsp3) is 0.167. The van der Waals surface area contributed by atoms with Gasteiger partial charge in [0, 0.05) is 40.8 Å². The highest BCUT2D eigenvalue weighted by atomic mass is 35.5. The summed E-state index contributed by atoms with van der Waals surface area (Å²) in [6, 6.07) is 13.4. The Balaban J connectivity index is 1.15. The first kappa shape index (κ1) is 27.9. The lowest BCUT2D eigenvalue weighted by atomic mass is 9.94. The number of rotatable bonds is 8. The van der Waals surface area contributed by atoms with Crippen LogP contribution in [0.3, 0.4) is 0 Å². The van der Waals surface area contributed by atoms with Gasteiger partial charge in [0.2, 0.25) is 0 Å². The van der Waals surface area contributed by atoms with E-state index in [2.05, 4.69) is 25.9 Å². The molecule has 1 unspecified atom stereocenters. The molecule has 216 valence electrons. The lowest BCUT2D eigenvalue weighted by Gasteiger charge is -2.27. The molecule has 13 heteroatoms. The second kappa shape index (κ2) is 11.6. The fourth-order valence-electron chi connectivity index (χ4n) is 5.01. The van der Waals surface area contributed by atoms with Crippen LogP contribution in [0, 0.1) is 5.82 Å². The molecule has 0 radical (unpaired) electrons. The molecule has 0 spiro atoms. The number of imide groups is 1. The van der Waals surface area contributed by atoms with Crippen LogP contribution < -0.4 is 10.6 Å². The molecule has 3 amide bonds. The zero-order chi connectivity index (χ0) is 30.1. The molecule has 43 heavy (non-hydrogen) atoms. The number of aromatic nitrogens is 4. The van der Waals surface area contributed by atoms with Crippen LogP contribution >= 0.6 is 11.6 Å². The molecular weight excluding hydrogens is 575 g/mol. The zero-order valence-electron chi connectivity index (χ0n) is 22.8. The first-order valence-electron chi connectivity index (χ1n) is 13.3. The number of hydrogen-bond donors (Lipinski definition) is 2. The van der Waals surface area contributed by atoms with Crippen molar-refractivity contribution in [3.63, 3.8) is 0 Å². The molecule has 0 saturated carbocycles. The lowest BCUT2D eigenvalue weighted by molar-refractivity contribution is -0.118. The van der Waals surface area contributed by atoms with E-state index in [0.29, 0.717) is 39.5 Å². The summed E-state index contributed by atoms with van der Waals surface area (Å²) < 4.78 is 15.4. The number of nitrogens with one attached hydrogen (secondary N) is 2. The van der Waals surface area contributed by atoms with E-state index in [4.69, 9.17) is 16.6 Å². The molecule has 1 atom stereocenters. The third kappa shape index (κ3) is 5.52. The first-order valence-corrected chi connectivity index (χ1v) is 13.7. The van der Waals surface area contributed by atoms with Gasteiger partial charge in [-0.1, -0.05) is 35.0 Å². The SMILES string of the molecule is CC1=C(C(=O)NCc2cn(CCN3C(=O)c4ccccc4C3=O)nn2)C(c2ccc(F)cc2Cl)N=C(c2ccncc2)N1. The van der Waals surface area contributed by atoms with E-state index < -0.39 is 17.8 Å². The maximum absolute atomic E-state index is 13.9. The maximum Gasteiger partial charge on any atom is 0.261 e. The summed E-state index contributed by atoms with van der Waals surface area (Å²) in [4.78, 5) is 48.8. The van der Waals surface area contributed by atoms with E-state index in [-0.39, 0.29) is 36.5 Å². The number of halogens is 2. The Labute approximate surface area is 250 Å². The highest BCUT2D eigenvalue weighted by Gasteiger charge is 2.35. The van der Waals surface area contributed by atoms with Crippen molar-refractivity contribution in [3.8, 4) is 0 Å². The molecule has 2 aliphatic rings. The number of hydrogen-bond acceptors (Lipinski definition) is 8. The highest BCUT2D eigenvalue weighted by Crippen LogP contribution is 2.36. The average molecular weight is 599 g/mol. The third-order valence-electron chi connectivity index (χ3n) is 7.14. The van der Waals surface area contributed by atoms with Crippen molar-refractivity contribution < 1.29 is 18.8 Å². The van der Waals surface area contributed by atoms with E-state index in [1.54, 1.807) is 61.9 Å². The Morgan fingerprint density at radius 2 is 1.77 bits per heavy atom. The van der Waals surface area contributed by atoms with E-state index in [0.717, 1.165) is 5.56 Å². The maximum atomic E-state index is 13.9. The Kier molecular flexibility index (Phi) is 7.51. The normalized spacial score (nSPS) is 16.2. The number of amidine groups is 1. The average Bonchev–Trinajstić information content (AvgIpc) is 3.56. The zero-order valence-corrected chi connectivity index (χ0v) is 23.5. The molecule has 0 saturated heterocycles. The van der Waals surface area contributed by atoms with Crippen LogP contribution in [0.2, 0.25) is 5.02 Å². The minimum atomic E-state index is -0.812. The number of allylic oxidation sites excluding steroid dienone is 1. The van der Waals surface area contributed by atoms with Gasteiger partial charge in [-0.05, 0) is 43.3 Å². The van der Waals surface area contributed by atoms with Gasteiger partial charge in [-0.3, -0.25) is 33.9 Å². The van der Waals surface area contributed by atoms with E-state index >= 15 is 0 Å². The fourth-order valence-corrected chi connectivity index (χ4v) is 5.29. The predicted molar refractivity (Wildman–Crippen MR) is 154 cm³/mol. The number of fused-ring (bicyclic) bond motifs is 1. The van der Waals surface area contributed by atoms with Gasteiger partial charge in [0.05, 0.1) is 36.0 Å². The molecular formula is C30H24ClFN8O3.